The molecule has 1 atom stereocenters. The summed E-state index contributed by atoms with van der Waals surface area (Å²) in [5.41, 5.74) is 2.76. The number of hydrogen-bond acceptors (Lipinski definition) is 5. The van der Waals surface area contributed by atoms with Crippen LogP contribution in [-0.2, 0) is 4.79 Å². The molecule has 2 heterocycles. The van der Waals surface area contributed by atoms with Crippen molar-refractivity contribution in [3.05, 3.63) is 59.9 Å². The largest absolute Gasteiger partial charge is 0.496 e. The van der Waals surface area contributed by atoms with Gasteiger partial charge in [0, 0.05) is 24.6 Å². The molecule has 26 heavy (non-hydrogen) atoms. The minimum atomic E-state index is -0.0886. The molecule has 1 saturated heterocycles. The standard InChI is InChI=1S/C20H19N3O3/c1-13-7-3-5-9-16(13)23-12-14(11-18(23)24)19-21-20(26-22-19)15-8-4-6-10-17(15)25-2/h3-10,14H,11-12H2,1-2H3. The number of ether oxygens (including phenoxy) is 1. The Bertz CT molecular complexity index is 951. The molecular formula is C20H19N3O3. The maximum Gasteiger partial charge on any atom is 0.261 e. The highest BCUT2D eigenvalue weighted by Gasteiger charge is 2.35. The van der Waals surface area contributed by atoms with Crippen LogP contribution >= 0.6 is 0 Å². The van der Waals surface area contributed by atoms with Crippen molar-refractivity contribution in [2.24, 2.45) is 0 Å². The fourth-order valence-electron chi connectivity index (χ4n) is 3.31. The Morgan fingerprint density at radius 1 is 1.15 bits per heavy atom. The van der Waals surface area contributed by atoms with Crippen LogP contribution in [0.1, 0.15) is 23.7 Å². The first-order chi connectivity index (χ1) is 12.7. The molecular weight excluding hydrogens is 330 g/mol. The molecule has 6 heteroatoms. The molecule has 4 rings (SSSR count). The molecule has 2 aromatic carbocycles. The highest BCUT2D eigenvalue weighted by atomic mass is 16.5. The molecule has 0 spiro atoms. The Morgan fingerprint density at radius 2 is 1.92 bits per heavy atom. The predicted octanol–water partition coefficient (Wildman–Crippen LogP) is 3.57. The van der Waals surface area contributed by atoms with Crippen LogP contribution in [-0.4, -0.2) is 29.7 Å². The number of carbonyl (C=O) groups is 1. The molecule has 0 saturated carbocycles. The quantitative estimate of drug-likeness (QED) is 0.720. The van der Waals surface area contributed by atoms with E-state index >= 15 is 0 Å². The van der Waals surface area contributed by atoms with Crippen molar-refractivity contribution in [3.63, 3.8) is 0 Å². The number of nitrogens with zero attached hydrogens (tertiary/aromatic N) is 3. The van der Waals surface area contributed by atoms with E-state index < -0.39 is 0 Å². The van der Waals surface area contributed by atoms with Crippen molar-refractivity contribution in [2.45, 2.75) is 19.3 Å². The number of methoxy groups -OCH3 is 1. The third-order valence-corrected chi connectivity index (χ3v) is 4.68. The fraction of sp³-hybridized carbons (Fsp3) is 0.250. The summed E-state index contributed by atoms with van der Waals surface area (Å²) in [7, 11) is 1.60. The molecule has 1 amide bonds. The van der Waals surface area contributed by atoms with E-state index in [9.17, 15) is 4.79 Å². The SMILES string of the molecule is COc1ccccc1-c1nc(C2CC(=O)N(c3ccccc3C)C2)no1. The molecule has 1 aliphatic heterocycles. The topological polar surface area (TPSA) is 68.5 Å². The van der Waals surface area contributed by atoms with Gasteiger partial charge in [0.05, 0.1) is 12.7 Å². The lowest BCUT2D eigenvalue weighted by Crippen LogP contribution is -2.25. The summed E-state index contributed by atoms with van der Waals surface area (Å²) in [6.07, 6.45) is 0.374. The van der Waals surface area contributed by atoms with Crippen LogP contribution in [0.2, 0.25) is 0 Å². The Hall–Kier alpha value is -3.15. The van der Waals surface area contributed by atoms with E-state index in [1.165, 1.54) is 0 Å². The van der Waals surface area contributed by atoms with Crippen molar-refractivity contribution in [3.8, 4) is 17.2 Å². The zero-order chi connectivity index (χ0) is 18.1. The molecule has 1 fully saturated rings. The monoisotopic (exact) mass is 349 g/mol. The molecule has 0 radical (unpaired) electrons. The summed E-state index contributed by atoms with van der Waals surface area (Å²) in [4.78, 5) is 18.8. The number of amides is 1. The lowest BCUT2D eigenvalue weighted by atomic mass is 10.1. The van der Waals surface area contributed by atoms with Gasteiger partial charge in [0.25, 0.3) is 5.89 Å². The third kappa shape index (κ3) is 2.83. The van der Waals surface area contributed by atoms with Gasteiger partial charge in [-0.2, -0.15) is 4.98 Å². The van der Waals surface area contributed by atoms with Gasteiger partial charge >= 0.3 is 0 Å². The number of para-hydroxylation sites is 2. The maximum atomic E-state index is 12.5. The van der Waals surface area contributed by atoms with E-state index in [1.54, 1.807) is 12.0 Å². The summed E-state index contributed by atoms with van der Waals surface area (Å²) < 4.78 is 10.8. The second kappa shape index (κ2) is 6.63. The number of rotatable bonds is 4. The second-order valence-electron chi connectivity index (χ2n) is 6.35. The fourth-order valence-corrected chi connectivity index (χ4v) is 3.31. The van der Waals surface area contributed by atoms with E-state index in [2.05, 4.69) is 10.1 Å². The van der Waals surface area contributed by atoms with Gasteiger partial charge in [0.2, 0.25) is 5.91 Å². The third-order valence-electron chi connectivity index (χ3n) is 4.68. The van der Waals surface area contributed by atoms with Crippen LogP contribution in [0, 0.1) is 6.92 Å². The minimum absolute atomic E-state index is 0.0768. The zero-order valence-corrected chi connectivity index (χ0v) is 14.7. The van der Waals surface area contributed by atoms with Crippen molar-refractivity contribution in [2.75, 3.05) is 18.6 Å². The van der Waals surface area contributed by atoms with E-state index in [1.807, 2.05) is 55.5 Å². The summed E-state index contributed by atoms with van der Waals surface area (Å²) in [5, 5.41) is 4.11. The van der Waals surface area contributed by atoms with Crippen LogP contribution in [0.25, 0.3) is 11.5 Å². The Labute approximate surface area is 151 Å². The first kappa shape index (κ1) is 16.3. The van der Waals surface area contributed by atoms with Crippen LogP contribution in [0.3, 0.4) is 0 Å². The molecule has 0 aliphatic carbocycles. The lowest BCUT2D eigenvalue weighted by Gasteiger charge is -2.18. The molecule has 0 N–H and O–H groups in total. The Morgan fingerprint density at radius 3 is 2.73 bits per heavy atom. The summed E-state index contributed by atoms with van der Waals surface area (Å²) in [6, 6.07) is 15.4. The van der Waals surface area contributed by atoms with Crippen LogP contribution in [0.4, 0.5) is 5.69 Å². The summed E-state index contributed by atoms with van der Waals surface area (Å²) >= 11 is 0. The highest BCUT2D eigenvalue weighted by molar-refractivity contribution is 5.97. The molecule has 0 bridgehead atoms. The number of aromatic nitrogens is 2. The van der Waals surface area contributed by atoms with Crippen molar-refractivity contribution in [1.29, 1.82) is 0 Å². The maximum absolute atomic E-state index is 12.5. The predicted molar refractivity (Wildman–Crippen MR) is 97.2 cm³/mol. The van der Waals surface area contributed by atoms with Gasteiger partial charge in [-0.3, -0.25) is 4.79 Å². The number of aryl methyl sites for hydroxylation is 1. The number of carbonyl (C=O) groups excluding carboxylic acids is 1. The van der Waals surface area contributed by atoms with E-state index in [0.717, 1.165) is 16.8 Å². The summed E-state index contributed by atoms with van der Waals surface area (Å²) in [6.45, 7) is 2.55. The van der Waals surface area contributed by atoms with Gasteiger partial charge in [-0.05, 0) is 30.7 Å². The van der Waals surface area contributed by atoms with Crippen LogP contribution in [0.5, 0.6) is 5.75 Å². The molecule has 1 aromatic heterocycles. The number of hydrogen-bond donors (Lipinski definition) is 0. The van der Waals surface area contributed by atoms with Crippen LogP contribution < -0.4 is 9.64 Å². The highest BCUT2D eigenvalue weighted by Crippen LogP contribution is 2.34. The van der Waals surface area contributed by atoms with Crippen LogP contribution in [0.15, 0.2) is 53.1 Å². The van der Waals surface area contributed by atoms with Crippen molar-refractivity contribution >= 4 is 11.6 Å². The first-order valence-corrected chi connectivity index (χ1v) is 8.50. The number of anilines is 1. The minimum Gasteiger partial charge on any atom is -0.496 e. The van der Waals surface area contributed by atoms with Gasteiger partial charge < -0.3 is 14.2 Å². The molecule has 1 unspecified atom stereocenters. The van der Waals surface area contributed by atoms with Gasteiger partial charge in [-0.15, -0.1) is 0 Å². The number of benzene rings is 2. The normalized spacial score (nSPS) is 16.9. The Kier molecular flexibility index (Phi) is 4.16. The molecule has 3 aromatic rings. The van der Waals surface area contributed by atoms with Gasteiger partial charge in [0.1, 0.15) is 5.75 Å². The summed E-state index contributed by atoms with van der Waals surface area (Å²) in [5.74, 6) is 1.61. The first-order valence-electron chi connectivity index (χ1n) is 8.50. The average molecular weight is 349 g/mol. The van der Waals surface area contributed by atoms with Gasteiger partial charge in [0.15, 0.2) is 5.82 Å². The average Bonchev–Trinajstić information content (AvgIpc) is 3.29. The van der Waals surface area contributed by atoms with Gasteiger partial charge in [-0.1, -0.05) is 35.5 Å². The van der Waals surface area contributed by atoms with Crippen molar-refractivity contribution in [1.82, 2.24) is 10.1 Å². The molecule has 6 nitrogen and oxygen atoms in total. The molecule has 1 aliphatic rings. The molecule has 132 valence electrons. The van der Waals surface area contributed by atoms with Gasteiger partial charge in [-0.25, -0.2) is 0 Å². The van der Waals surface area contributed by atoms with E-state index in [0.29, 0.717) is 30.4 Å². The Balaban J connectivity index is 1.59. The smallest absolute Gasteiger partial charge is 0.261 e. The zero-order valence-electron chi connectivity index (χ0n) is 14.7. The second-order valence-corrected chi connectivity index (χ2v) is 6.35. The lowest BCUT2D eigenvalue weighted by molar-refractivity contribution is -0.117. The van der Waals surface area contributed by atoms with E-state index in [-0.39, 0.29) is 11.8 Å². The van der Waals surface area contributed by atoms with Crippen molar-refractivity contribution < 1.29 is 14.1 Å². The van der Waals surface area contributed by atoms with E-state index in [4.69, 9.17) is 9.26 Å².